The number of nitrogens with one attached hydrogen (secondary N) is 1. The molecule has 3 atom stereocenters. The second kappa shape index (κ2) is 14.5. The van der Waals surface area contributed by atoms with Crippen LogP contribution in [0.5, 0.6) is 11.5 Å². The molecule has 2 N–H and O–H groups in total. The minimum absolute atomic E-state index is 0.0184. The first-order chi connectivity index (χ1) is 20.5. The summed E-state index contributed by atoms with van der Waals surface area (Å²) in [6, 6.07) is 10.5. The normalized spacial score (nSPS) is 20.5. The Morgan fingerprint density at radius 3 is 2.53 bits per heavy atom. The summed E-state index contributed by atoms with van der Waals surface area (Å²) in [5.41, 5.74) is 0.674. The van der Waals surface area contributed by atoms with E-state index in [2.05, 4.69) is 10.2 Å². The van der Waals surface area contributed by atoms with Gasteiger partial charge in [0.1, 0.15) is 17.6 Å². The Morgan fingerprint density at radius 1 is 1.19 bits per heavy atom. The minimum atomic E-state index is -3.85. The number of sulfonamides is 1. The van der Waals surface area contributed by atoms with E-state index in [1.165, 1.54) is 30.6 Å². The van der Waals surface area contributed by atoms with E-state index in [-0.39, 0.29) is 53.6 Å². The van der Waals surface area contributed by atoms with Gasteiger partial charge in [-0.1, -0.05) is 6.92 Å². The van der Waals surface area contributed by atoms with Crippen LogP contribution in [0, 0.1) is 5.92 Å². The number of likely N-dealkylation sites (N-methyl/N-ethyl adjacent to an activating group) is 1. The van der Waals surface area contributed by atoms with Crippen LogP contribution in [0.1, 0.15) is 30.6 Å². The lowest BCUT2D eigenvalue weighted by Crippen LogP contribution is -2.50. The lowest BCUT2D eigenvalue weighted by molar-refractivity contribution is -0.116. The number of ether oxygens (including phenoxy) is 3. The highest BCUT2D eigenvalue weighted by Gasteiger charge is 2.35. The van der Waals surface area contributed by atoms with Crippen LogP contribution in [0.2, 0.25) is 0 Å². The number of hydrogen-bond acceptors (Lipinski definition) is 9. The fourth-order valence-corrected chi connectivity index (χ4v) is 6.29. The number of anilines is 1. The Morgan fingerprint density at radius 2 is 1.88 bits per heavy atom. The maximum absolute atomic E-state index is 13.7. The number of methoxy groups -OCH3 is 1. The molecule has 2 aromatic rings. The molecule has 0 saturated carbocycles. The summed E-state index contributed by atoms with van der Waals surface area (Å²) < 4.78 is 44.8. The van der Waals surface area contributed by atoms with Crippen molar-refractivity contribution in [1.82, 2.24) is 14.1 Å². The van der Waals surface area contributed by atoms with Gasteiger partial charge in [-0.2, -0.15) is 4.31 Å². The smallest absolute Gasteiger partial charge is 0.258 e. The first kappa shape index (κ1) is 32.7. The van der Waals surface area contributed by atoms with Gasteiger partial charge in [-0.3, -0.25) is 14.5 Å². The van der Waals surface area contributed by atoms with Crippen LogP contribution in [0.15, 0.2) is 47.4 Å². The summed E-state index contributed by atoms with van der Waals surface area (Å²) in [5, 5.41) is 12.8. The van der Waals surface area contributed by atoms with Crippen molar-refractivity contribution in [1.29, 1.82) is 0 Å². The number of hydrogen-bond donors (Lipinski definition) is 2. The van der Waals surface area contributed by atoms with Crippen molar-refractivity contribution < 1.29 is 37.3 Å². The van der Waals surface area contributed by atoms with Crippen LogP contribution in [-0.4, -0.2) is 118 Å². The third-order valence-corrected chi connectivity index (χ3v) is 9.75. The van der Waals surface area contributed by atoms with Gasteiger partial charge in [0.2, 0.25) is 15.9 Å². The molecule has 2 amide bonds. The monoisotopic (exact) mass is 618 g/mol. The largest absolute Gasteiger partial charge is 0.497 e. The molecule has 0 bridgehead atoms. The highest BCUT2D eigenvalue weighted by molar-refractivity contribution is 7.89. The van der Waals surface area contributed by atoms with Crippen LogP contribution in [0.4, 0.5) is 5.69 Å². The maximum Gasteiger partial charge on any atom is 0.258 e. The summed E-state index contributed by atoms with van der Waals surface area (Å²) in [4.78, 5) is 30.3. The number of aliphatic hydroxyl groups excluding tert-OH is 1. The summed E-state index contributed by atoms with van der Waals surface area (Å²) >= 11 is 0. The van der Waals surface area contributed by atoms with Crippen molar-refractivity contribution >= 4 is 27.5 Å². The average molecular weight is 619 g/mol. The standard InChI is InChI=1S/C30H42N4O8S/c1-21-18-34(22(2)20-35)30(37)26-17-23(31-29(36)11-12-33-13-15-41-16-14-33)5-10-27(26)42-28(21)19-32(3)43(38,39)25-8-6-24(40-4)7-9-25/h5-10,17,21-22,28,35H,11-16,18-20H2,1-4H3,(H,31,36)/t21-,22+,28+/m1/s1. The van der Waals surface area contributed by atoms with Crippen LogP contribution in [0.25, 0.3) is 0 Å². The van der Waals surface area contributed by atoms with E-state index in [0.717, 1.165) is 13.1 Å². The summed E-state index contributed by atoms with van der Waals surface area (Å²) in [5.74, 6) is 0.0246. The van der Waals surface area contributed by atoms with Gasteiger partial charge in [-0.15, -0.1) is 0 Å². The molecule has 236 valence electrons. The molecule has 0 unspecified atom stereocenters. The number of rotatable bonds is 11. The third kappa shape index (κ3) is 8.03. The number of amides is 2. The molecule has 0 aromatic heterocycles. The Labute approximate surface area is 253 Å². The number of carbonyl (C=O) groups excluding carboxylic acids is 2. The predicted molar refractivity (Wildman–Crippen MR) is 161 cm³/mol. The number of aliphatic hydroxyl groups is 1. The van der Waals surface area contributed by atoms with Gasteiger partial charge < -0.3 is 29.5 Å². The van der Waals surface area contributed by atoms with Crippen molar-refractivity contribution in [3.8, 4) is 11.5 Å². The minimum Gasteiger partial charge on any atom is -0.497 e. The number of morpholine rings is 1. The molecule has 13 heteroatoms. The van der Waals surface area contributed by atoms with Crippen molar-refractivity contribution in [3.05, 3.63) is 48.0 Å². The zero-order chi connectivity index (χ0) is 31.1. The van der Waals surface area contributed by atoms with Gasteiger partial charge in [0, 0.05) is 51.3 Å². The SMILES string of the molecule is COc1ccc(S(=O)(=O)N(C)C[C@@H]2Oc3ccc(NC(=O)CCN4CCOCC4)cc3C(=O)N([C@@H](C)CO)C[C@H]2C)cc1. The molecule has 2 aromatic carbocycles. The molecule has 2 aliphatic rings. The van der Waals surface area contributed by atoms with E-state index in [1.807, 2.05) is 6.92 Å². The van der Waals surface area contributed by atoms with Crippen LogP contribution in [-0.2, 0) is 19.6 Å². The summed E-state index contributed by atoms with van der Waals surface area (Å²) in [7, 11) is -0.845. The Bertz CT molecular complexity index is 1360. The second-order valence-corrected chi connectivity index (χ2v) is 13.1. The van der Waals surface area contributed by atoms with E-state index in [1.54, 1.807) is 42.2 Å². The van der Waals surface area contributed by atoms with Gasteiger partial charge in [0.05, 0.1) is 50.0 Å². The van der Waals surface area contributed by atoms with E-state index in [4.69, 9.17) is 14.2 Å². The van der Waals surface area contributed by atoms with E-state index in [9.17, 15) is 23.1 Å². The zero-order valence-corrected chi connectivity index (χ0v) is 26.0. The fraction of sp³-hybridized carbons (Fsp3) is 0.533. The molecule has 0 radical (unpaired) electrons. The second-order valence-electron chi connectivity index (χ2n) is 11.0. The molecular weight excluding hydrogens is 576 g/mol. The van der Waals surface area contributed by atoms with Gasteiger partial charge in [0.15, 0.2) is 0 Å². The summed E-state index contributed by atoms with van der Waals surface area (Å²) in [6.07, 6.45) is -0.323. The Hall–Kier alpha value is -3.23. The van der Waals surface area contributed by atoms with Crippen molar-refractivity contribution in [2.45, 2.75) is 37.3 Å². The molecule has 1 fully saturated rings. The third-order valence-electron chi connectivity index (χ3n) is 7.91. The quantitative estimate of drug-likeness (QED) is 0.387. The number of benzene rings is 2. The van der Waals surface area contributed by atoms with Crippen molar-refractivity contribution in [2.75, 3.05) is 72.0 Å². The van der Waals surface area contributed by atoms with Crippen LogP contribution in [0.3, 0.4) is 0 Å². The topological polar surface area (TPSA) is 138 Å². The number of nitrogens with zero attached hydrogens (tertiary/aromatic N) is 3. The Kier molecular flexibility index (Phi) is 11.0. The molecule has 2 aliphatic heterocycles. The van der Waals surface area contributed by atoms with Crippen molar-refractivity contribution in [2.24, 2.45) is 5.92 Å². The maximum atomic E-state index is 13.7. The van der Waals surface area contributed by atoms with Gasteiger partial charge in [-0.25, -0.2) is 8.42 Å². The van der Waals surface area contributed by atoms with Gasteiger partial charge in [-0.05, 0) is 49.4 Å². The molecule has 4 rings (SSSR count). The summed E-state index contributed by atoms with van der Waals surface area (Å²) in [6.45, 7) is 7.12. The van der Waals surface area contributed by atoms with E-state index < -0.39 is 22.2 Å². The molecule has 1 saturated heterocycles. The molecule has 0 spiro atoms. The average Bonchev–Trinajstić information content (AvgIpc) is 3.02. The first-order valence-corrected chi connectivity index (χ1v) is 15.9. The lowest BCUT2D eigenvalue weighted by atomic mass is 9.99. The van der Waals surface area contributed by atoms with E-state index in [0.29, 0.717) is 37.6 Å². The molecule has 2 heterocycles. The van der Waals surface area contributed by atoms with E-state index >= 15 is 0 Å². The molecule has 12 nitrogen and oxygen atoms in total. The number of carbonyl (C=O) groups is 2. The van der Waals surface area contributed by atoms with Gasteiger partial charge in [0.25, 0.3) is 5.91 Å². The van der Waals surface area contributed by atoms with Crippen LogP contribution < -0.4 is 14.8 Å². The van der Waals surface area contributed by atoms with Gasteiger partial charge >= 0.3 is 0 Å². The highest BCUT2D eigenvalue weighted by atomic mass is 32.2. The lowest BCUT2D eigenvalue weighted by Gasteiger charge is -2.38. The number of fused-ring (bicyclic) bond motifs is 1. The highest BCUT2D eigenvalue weighted by Crippen LogP contribution is 2.31. The fourth-order valence-electron chi connectivity index (χ4n) is 5.11. The molecular formula is C30H42N4O8S. The van der Waals surface area contributed by atoms with Crippen molar-refractivity contribution in [3.63, 3.8) is 0 Å². The molecule has 43 heavy (non-hydrogen) atoms. The zero-order valence-electron chi connectivity index (χ0n) is 25.2. The predicted octanol–water partition coefficient (Wildman–Crippen LogP) is 1.90. The van der Waals surface area contributed by atoms with Crippen LogP contribution >= 0.6 is 0 Å². The first-order valence-electron chi connectivity index (χ1n) is 14.5. The Balaban J connectivity index is 1.55. The molecule has 0 aliphatic carbocycles.